The van der Waals surface area contributed by atoms with Crippen molar-refractivity contribution in [1.82, 2.24) is 15.0 Å². The lowest BCUT2D eigenvalue weighted by atomic mass is 10.1. The van der Waals surface area contributed by atoms with Crippen molar-refractivity contribution in [1.29, 1.82) is 0 Å². The van der Waals surface area contributed by atoms with Crippen LogP contribution in [-0.2, 0) is 0 Å². The molecule has 68 valence electrons. The van der Waals surface area contributed by atoms with Gasteiger partial charge in [-0.05, 0) is 12.1 Å². The number of aromatic nitrogens is 3. The molecule has 2 aromatic heterocycles. The maximum absolute atomic E-state index is 4.31. The van der Waals surface area contributed by atoms with Gasteiger partial charge < -0.3 is 9.97 Å². The molecule has 3 rings (SSSR count). The summed E-state index contributed by atoms with van der Waals surface area (Å²) in [4.78, 5) is 10.5. The maximum atomic E-state index is 4.31. The second kappa shape index (κ2) is 2.73. The zero-order valence-corrected chi connectivity index (χ0v) is 7.49. The SMILES string of the molecule is c1cc(-c2cc[nH]c2)c2nc[nH]c2c1. The number of benzene rings is 1. The van der Waals surface area contributed by atoms with Crippen LogP contribution in [0.3, 0.4) is 0 Å². The van der Waals surface area contributed by atoms with Crippen molar-refractivity contribution in [3.8, 4) is 11.1 Å². The van der Waals surface area contributed by atoms with Gasteiger partial charge >= 0.3 is 0 Å². The molecule has 0 atom stereocenters. The first-order valence-corrected chi connectivity index (χ1v) is 4.50. The summed E-state index contributed by atoms with van der Waals surface area (Å²) in [6.45, 7) is 0. The van der Waals surface area contributed by atoms with Gasteiger partial charge in [-0.1, -0.05) is 12.1 Å². The molecule has 0 aliphatic rings. The number of fused-ring (bicyclic) bond motifs is 1. The Morgan fingerprint density at radius 3 is 3.00 bits per heavy atom. The van der Waals surface area contributed by atoms with E-state index in [-0.39, 0.29) is 0 Å². The quantitative estimate of drug-likeness (QED) is 0.598. The summed E-state index contributed by atoms with van der Waals surface area (Å²) >= 11 is 0. The molecule has 2 N–H and O–H groups in total. The average molecular weight is 183 g/mol. The fraction of sp³-hybridized carbons (Fsp3) is 0. The lowest BCUT2D eigenvalue weighted by Crippen LogP contribution is -1.77. The predicted octanol–water partition coefficient (Wildman–Crippen LogP) is 2.56. The largest absolute Gasteiger partial charge is 0.367 e. The van der Waals surface area contributed by atoms with E-state index in [1.54, 1.807) is 6.33 Å². The minimum Gasteiger partial charge on any atom is -0.367 e. The van der Waals surface area contributed by atoms with Crippen molar-refractivity contribution in [3.05, 3.63) is 43.0 Å². The maximum Gasteiger partial charge on any atom is 0.0961 e. The molecular weight excluding hydrogens is 174 g/mol. The van der Waals surface area contributed by atoms with E-state index in [9.17, 15) is 0 Å². The molecule has 0 spiro atoms. The van der Waals surface area contributed by atoms with Crippen LogP contribution in [0.25, 0.3) is 22.2 Å². The van der Waals surface area contributed by atoms with E-state index < -0.39 is 0 Å². The van der Waals surface area contributed by atoms with Crippen LogP contribution in [0.1, 0.15) is 0 Å². The Hall–Kier alpha value is -2.03. The van der Waals surface area contributed by atoms with Crippen LogP contribution in [0.5, 0.6) is 0 Å². The highest BCUT2D eigenvalue weighted by Crippen LogP contribution is 2.25. The molecule has 0 aliphatic carbocycles. The third-order valence-electron chi connectivity index (χ3n) is 2.36. The molecule has 0 fully saturated rings. The number of hydrogen-bond donors (Lipinski definition) is 2. The van der Waals surface area contributed by atoms with Gasteiger partial charge in [0, 0.05) is 23.5 Å². The van der Waals surface area contributed by atoms with Crippen LogP contribution >= 0.6 is 0 Å². The van der Waals surface area contributed by atoms with E-state index in [0.29, 0.717) is 0 Å². The van der Waals surface area contributed by atoms with Crippen molar-refractivity contribution >= 4 is 11.0 Å². The minimum atomic E-state index is 1.02. The normalized spacial score (nSPS) is 10.9. The molecule has 0 radical (unpaired) electrons. The van der Waals surface area contributed by atoms with Crippen molar-refractivity contribution < 1.29 is 0 Å². The highest BCUT2D eigenvalue weighted by Gasteiger charge is 2.04. The van der Waals surface area contributed by atoms with Gasteiger partial charge in [-0.3, -0.25) is 0 Å². The van der Waals surface area contributed by atoms with Gasteiger partial charge in [-0.15, -0.1) is 0 Å². The Morgan fingerprint density at radius 2 is 2.14 bits per heavy atom. The third kappa shape index (κ3) is 0.956. The fourth-order valence-corrected chi connectivity index (χ4v) is 1.69. The predicted molar refractivity (Wildman–Crippen MR) is 55.9 cm³/mol. The summed E-state index contributed by atoms with van der Waals surface area (Å²) in [5, 5.41) is 0. The molecule has 0 unspecified atom stereocenters. The molecule has 3 heteroatoms. The molecule has 0 aliphatic heterocycles. The van der Waals surface area contributed by atoms with E-state index in [0.717, 1.165) is 16.6 Å². The summed E-state index contributed by atoms with van der Waals surface area (Å²) in [5.74, 6) is 0. The molecule has 0 saturated carbocycles. The number of nitrogens with zero attached hydrogens (tertiary/aromatic N) is 1. The van der Waals surface area contributed by atoms with Crippen LogP contribution in [-0.4, -0.2) is 15.0 Å². The summed E-state index contributed by atoms with van der Waals surface area (Å²) in [6, 6.07) is 8.18. The lowest BCUT2D eigenvalue weighted by Gasteiger charge is -1.97. The monoisotopic (exact) mass is 183 g/mol. The molecule has 3 aromatic rings. The molecule has 2 heterocycles. The van der Waals surface area contributed by atoms with E-state index in [4.69, 9.17) is 0 Å². The van der Waals surface area contributed by atoms with Crippen LogP contribution in [0.4, 0.5) is 0 Å². The highest BCUT2D eigenvalue weighted by molar-refractivity contribution is 5.91. The van der Waals surface area contributed by atoms with E-state index in [2.05, 4.69) is 21.0 Å². The number of nitrogens with one attached hydrogen (secondary N) is 2. The molecule has 0 bridgehead atoms. The first kappa shape index (κ1) is 7.38. The van der Waals surface area contributed by atoms with Gasteiger partial charge in [0.25, 0.3) is 0 Å². The first-order valence-electron chi connectivity index (χ1n) is 4.50. The number of H-pyrrole nitrogens is 2. The van der Waals surface area contributed by atoms with Gasteiger partial charge in [0.15, 0.2) is 0 Å². The molecule has 14 heavy (non-hydrogen) atoms. The number of para-hydroxylation sites is 1. The third-order valence-corrected chi connectivity index (χ3v) is 2.36. The van der Waals surface area contributed by atoms with E-state index in [1.807, 2.05) is 30.6 Å². The van der Waals surface area contributed by atoms with Crippen molar-refractivity contribution in [3.63, 3.8) is 0 Å². The van der Waals surface area contributed by atoms with E-state index >= 15 is 0 Å². The molecule has 1 aromatic carbocycles. The van der Waals surface area contributed by atoms with Crippen LogP contribution in [0.15, 0.2) is 43.0 Å². The van der Waals surface area contributed by atoms with Crippen LogP contribution in [0, 0.1) is 0 Å². The second-order valence-corrected chi connectivity index (χ2v) is 3.20. The molecule has 3 nitrogen and oxygen atoms in total. The van der Waals surface area contributed by atoms with E-state index in [1.165, 1.54) is 5.56 Å². The zero-order valence-electron chi connectivity index (χ0n) is 7.49. The zero-order chi connectivity index (χ0) is 9.38. The van der Waals surface area contributed by atoms with Crippen molar-refractivity contribution in [2.24, 2.45) is 0 Å². The lowest BCUT2D eigenvalue weighted by molar-refractivity contribution is 1.34. The van der Waals surface area contributed by atoms with Gasteiger partial charge in [0.05, 0.1) is 17.4 Å². The number of aromatic amines is 2. The smallest absolute Gasteiger partial charge is 0.0961 e. The Bertz CT molecular complexity index is 549. The van der Waals surface area contributed by atoms with Gasteiger partial charge in [-0.2, -0.15) is 0 Å². The van der Waals surface area contributed by atoms with Gasteiger partial charge in [0.2, 0.25) is 0 Å². The van der Waals surface area contributed by atoms with Crippen LogP contribution in [0.2, 0.25) is 0 Å². The number of hydrogen-bond acceptors (Lipinski definition) is 1. The number of rotatable bonds is 1. The molecular formula is C11H9N3. The highest BCUT2D eigenvalue weighted by atomic mass is 14.9. The fourth-order valence-electron chi connectivity index (χ4n) is 1.69. The van der Waals surface area contributed by atoms with Gasteiger partial charge in [-0.25, -0.2) is 4.98 Å². The minimum absolute atomic E-state index is 1.02. The number of imidazole rings is 1. The Kier molecular flexibility index (Phi) is 1.44. The summed E-state index contributed by atoms with van der Waals surface area (Å²) in [7, 11) is 0. The Labute approximate surface area is 80.8 Å². The van der Waals surface area contributed by atoms with Gasteiger partial charge in [0.1, 0.15) is 0 Å². The Morgan fingerprint density at radius 1 is 1.14 bits per heavy atom. The van der Waals surface area contributed by atoms with Crippen molar-refractivity contribution in [2.75, 3.05) is 0 Å². The second-order valence-electron chi connectivity index (χ2n) is 3.20. The van der Waals surface area contributed by atoms with Crippen LogP contribution < -0.4 is 0 Å². The average Bonchev–Trinajstić information content (AvgIpc) is 2.88. The standard InChI is InChI=1S/C11H9N3/c1-2-9(8-4-5-12-6-8)11-10(3-1)13-7-14-11/h1-7,12H,(H,13,14). The topological polar surface area (TPSA) is 44.5 Å². The molecule has 0 amide bonds. The first-order chi connectivity index (χ1) is 6.95. The molecule has 0 saturated heterocycles. The summed E-state index contributed by atoms with van der Waals surface area (Å²) in [6.07, 6.45) is 5.62. The summed E-state index contributed by atoms with van der Waals surface area (Å²) < 4.78 is 0. The summed E-state index contributed by atoms with van der Waals surface area (Å²) in [5.41, 5.74) is 4.42. The van der Waals surface area contributed by atoms with Crippen molar-refractivity contribution in [2.45, 2.75) is 0 Å². The Balaban J connectivity index is 2.36.